The van der Waals surface area contributed by atoms with Crippen LogP contribution in [0.15, 0.2) is 52.6 Å². The third-order valence-electron chi connectivity index (χ3n) is 4.35. The average molecular weight is 491 g/mol. The van der Waals surface area contributed by atoms with Crippen molar-refractivity contribution in [1.29, 1.82) is 0 Å². The largest absolute Gasteiger partial charge is 0.352 e. The number of hydrogen-bond donors (Lipinski definition) is 5. The monoisotopic (exact) mass is 490 g/mol. The Bertz CT molecular complexity index is 1130. The molecule has 0 saturated heterocycles. The molecule has 2 rings (SSSR count). The van der Waals surface area contributed by atoms with Crippen LogP contribution in [0.2, 0.25) is 0 Å². The Labute approximate surface area is 197 Å². The highest BCUT2D eigenvalue weighted by molar-refractivity contribution is 7.86. The summed E-state index contributed by atoms with van der Waals surface area (Å²) in [5.41, 5.74) is 7.67. The predicted octanol–water partition coefficient (Wildman–Crippen LogP) is 1.23. The van der Waals surface area contributed by atoms with Gasteiger partial charge in [-0.05, 0) is 31.0 Å². The van der Waals surface area contributed by atoms with Crippen LogP contribution in [0.3, 0.4) is 0 Å². The van der Waals surface area contributed by atoms with E-state index in [1.807, 2.05) is 0 Å². The first-order valence-corrected chi connectivity index (χ1v) is 11.8. The van der Waals surface area contributed by atoms with E-state index >= 15 is 0 Å². The molecule has 1 aromatic carbocycles. The molecule has 0 aliphatic heterocycles. The van der Waals surface area contributed by atoms with E-state index in [1.54, 1.807) is 12.1 Å². The summed E-state index contributed by atoms with van der Waals surface area (Å²) < 4.78 is 32.0. The van der Waals surface area contributed by atoms with Gasteiger partial charge >= 0.3 is 0 Å². The second-order valence-corrected chi connectivity index (χ2v) is 8.50. The normalized spacial score (nSPS) is 11.1. The first-order chi connectivity index (χ1) is 16.2. The fraction of sp³-hybridized carbons (Fsp3) is 0.286. The summed E-state index contributed by atoms with van der Waals surface area (Å²) in [6, 6.07) is 8.91. The van der Waals surface area contributed by atoms with Crippen LogP contribution in [0.5, 0.6) is 0 Å². The van der Waals surface area contributed by atoms with Crippen molar-refractivity contribution in [3.63, 3.8) is 0 Å². The number of benzene rings is 1. The number of anilines is 1. The molecule has 3 amide bonds. The lowest BCUT2D eigenvalue weighted by atomic mass is 10.2. The van der Waals surface area contributed by atoms with Gasteiger partial charge in [-0.25, -0.2) is 4.98 Å². The molecule has 0 spiro atoms. The molecule has 0 unspecified atom stereocenters. The minimum atomic E-state index is -4.38. The Kier molecular flexibility index (Phi) is 10.1. The van der Waals surface area contributed by atoms with Gasteiger partial charge in [0.1, 0.15) is 10.7 Å². The molecular formula is C21H26N6O6S. The summed E-state index contributed by atoms with van der Waals surface area (Å²) in [4.78, 5) is 38.1. The van der Waals surface area contributed by atoms with E-state index < -0.39 is 10.1 Å². The number of aromatic nitrogens is 1. The van der Waals surface area contributed by atoms with Gasteiger partial charge in [0.25, 0.3) is 16.0 Å². The number of amides is 3. The van der Waals surface area contributed by atoms with Crippen LogP contribution in [0.25, 0.3) is 0 Å². The van der Waals surface area contributed by atoms with Gasteiger partial charge in [0.15, 0.2) is 0 Å². The Morgan fingerprint density at radius 2 is 1.82 bits per heavy atom. The number of carbonyl (C=O) groups is 3. The standard InChI is InChI=1S/C21H26N6O6S/c1-15(28)25-27-20(29)9-3-2-6-12-22-21(30)17-10-11-19(23-13-17)26-24-14-16-7-4-5-8-18(16)34(31,32)33/h4-5,7-8,10-11,13-14H,2-3,6,9,12H2,1H3,(H,22,30)(H,23,26)(H,25,28)(H,27,29)(H,31,32,33)/b24-14+. The molecule has 1 heterocycles. The van der Waals surface area contributed by atoms with E-state index in [2.05, 4.69) is 31.7 Å². The molecule has 34 heavy (non-hydrogen) atoms. The molecule has 12 nitrogen and oxygen atoms in total. The molecule has 0 aliphatic rings. The number of hydrogen-bond acceptors (Lipinski definition) is 8. The number of pyridine rings is 1. The van der Waals surface area contributed by atoms with Crippen molar-refractivity contribution < 1.29 is 27.4 Å². The van der Waals surface area contributed by atoms with Gasteiger partial charge < -0.3 is 5.32 Å². The summed E-state index contributed by atoms with van der Waals surface area (Å²) in [5.74, 6) is -0.586. The number of hydrazone groups is 1. The number of unbranched alkanes of at least 4 members (excludes halogenated alkanes) is 2. The van der Waals surface area contributed by atoms with Gasteiger partial charge in [0.05, 0.1) is 11.8 Å². The van der Waals surface area contributed by atoms with Crippen molar-refractivity contribution in [1.82, 2.24) is 21.2 Å². The molecule has 2 aromatic rings. The molecule has 5 N–H and O–H groups in total. The Morgan fingerprint density at radius 1 is 1.06 bits per heavy atom. The SMILES string of the molecule is CC(=O)NNC(=O)CCCCCNC(=O)c1ccc(N/N=C/c2ccccc2S(=O)(=O)O)nc1. The van der Waals surface area contributed by atoms with Crippen molar-refractivity contribution in [2.75, 3.05) is 12.0 Å². The molecule has 1 aromatic heterocycles. The second kappa shape index (κ2) is 13.0. The Morgan fingerprint density at radius 3 is 2.50 bits per heavy atom. The van der Waals surface area contributed by atoms with E-state index in [0.717, 1.165) is 6.42 Å². The summed E-state index contributed by atoms with van der Waals surface area (Å²) in [5, 5.41) is 6.67. The fourth-order valence-corrected chi connectivity index (χ4v) is 3.37. The van der Waals surface area contributed by atoms with Gasteiger partial charge in [-0.3, -0.25) is 35.2 Å². The Balaban J connectivity index is 1.73. The zero-order valence-electron chi connectivity index (χ0n) is 18.4. The maximum Gasteiger partial charge on any atom is 0.295 e. The summed E-state index contributed by atoms with van der Waals surface area (Å²) >= 11 is 0. The molecule has 13 heteroatoms. The van der Waals surface area contributed by atoms with Crippen LogP contribution in [-0.4, -0.2) is 48.4 Å². The molecule has 0 atom stereocenters. The lowest BCUT2D eigenvalue weighted by molar-refractivity contribution is -0.127. The lowest BCUT2D eigenvalue weighted by Crippen LogP contribution is -2.40. The second-order valence-electron chi connectivity index (χ2n) is 7.11. The number of hydrazine groups is 1. The van der Waals surface area contributed by atoms with Crippen LogP contribution in [0, 0.1) is 0 Å². The van der Waals surface area contributed by atoms with Crippen LogP contribution in [-0.2, 0) is 19.7 Å². The predicted molar refractivity (Wildman–Crippen MR) is 124 cm³/mol. The summed E-state index contributed by atoms with van der Waals surface area (Å²) in [6.45, 7) is 1.73. The van der Waals surface area contributed by atoms with Crippen molar-refractivity contribution in [3.8, 4) is 0 Å². The summed E-state index contributed by atoms with van der Waals surface area (Å²) in [6.07, 6.45) is 4.91. The number of carbonyl (C=O) groups excluding carboxylic acids is 3. The first-order valence-electron chi connectivity index (χ1n) is 10.3. The van der Waals surface area contributed by atoms with Crippen molar-refractivity contribution in [2.45, 2.75) is 37.5 Å². The minimum Gasteiger partial charge on any atom is -0.352 e. The third-order valence-corrected chi connectivity index (χ3v) is 5.28. The third kappa shape index (κ3) is 9.34. The van der Waals surface area contributed by atoms with E-state index in [1.165, 1.54) is 43.6 Å². The van der Waals surface area contributed by atoms with Crippen LogP contribution in [0.1, 0.15) is 48.5 Å². The molecule has 0 aliphatic carbocycles. The van der Waals surface area contributed by atoms with E-state index in [9.17, 15) is 27.4 Å². The number of rotatable bonds is 11. The van der Waals surface area contributed by atoms with E-state index in [0.29, 0.717) is 30.8 Å². The van der Waals surface area contributed by atoms with Crippen LogP contribution < -0.4 is 21.6 Å². The molecule has 0 radical (unpaired) electrons. The van der Waals surface area contributed by atoms with Crippen LogP contribution >= 0.6 is 0 Å². The highest BCUT2D eigenvalue weighted by Gasteiger charge is 2.13. The molecule has 0 saturated carbocycles. The van der Waals surface area contributed by atoms with Crippen molar-refractivity contribution in [2.24, 2.45) is 5.10 Å². The Hall–Kier alpha value is -3.84. The van der Waals surface area contributed by atoms with Crippen molar-refractivity contribution in [3.05, 3.63) is 53.7 Å². The number of nitrogens with one attached hydrogen (secondary N) is 4. The van der Waals surface area contributed by atoms with Gasteiger partial charge in [-0.2, -0.15) is 13.5 Å². The van der Waals surface area contributed by atoms with Crippen LogP contribution in [0.4, 0.5) is 5.82 Å². The molecule has 0 fully saturated rings. The highest BCUT2D eigenvalue weighted by atomic mass is 32.2. The van der Waals surface area contributed by atoms with Gasteiger partial charge in [0, 0.05) is 31.6 Å². The molecule has 0 bridgehead atoms. The number of nitrogens with zero attached hydrogens (tertiary/aromatic N) is 2. The van der Waals surface area contributed by atoms with Gasteiger partial charge in [-0.15, -0.1) is 0 Å². The first kappa shape index (κ1) is 26.4. The maximum absolute atomic E-state index is 12.2. The smallest absolute Gasteiger partial charge is 0.295 e. The quantitative estimate of drug-likeness (QED) is 0.135. The fourth-order valence-electron chi connectivity index (χ4n) is 2.70. The van der Waals surface area contributed by atoms with Crippen molar-refractivity contribution >= 4 is 39.9 Å². The molecular weight excluding hydrogens is 464 g/mol. The molecule has 182 valence electrons. The van der Waals surface area contributed by atoms with E-state index in [-0.39, 0.29) is 34.6 Å². The zero-order valence-corrected chi connectivity index (χ0v) is 19.3. The lowest BCUT2D eigenvalue weighted by Gasteiger charge is -2.07. The van der Waals surface area contributed by atoms with Gasteiger partial charge in [-0.1, -0.05) is 24.6 Å². The average Bonchev–Trinajstić information content (AvgIpc) is 2.80. The maximum atomic E-state index is 12.2. The summed E-state index contributed by atoms with van der Waals surface area (Å²) in [7, 11) is -4.38. The van der Waals surface area contributed by atoms with E-state index in [4.69, 9.17) is 0 Å². The highest BCUT2D eigenvalue weighted by Crippen LogP contribution is 2.13. The minimum absolute atomic E-state index is 0.196. The van der Waals surface area contributed by atoms with Gasteiger partial charge in [0.2, 0.25) is 11.8 Å². The zero-order chi connectivity index (χ0) is 25.0. The topological polar surface area (TPSA) is 179 Å².